The molecule has 4 rings (SSSR count). The number of hydrogen-bond acceptors (Lipinski definition) is 5. The van der Waals surface area contributed by atoms with Gasteiger partial charge in [0.25, 0.3) is 0 Å². The normalized spacial score (nSPS) is 24.0. The lowest BCUT2D eigenvalue weighted by molar-refractivity contribution is -0.155. The highest BCUT2D eigenvalue weighted by Gasteiger charge is 2.53. The van der Waals surface area contributed by atoms with E-state index in [9.17, 15) is 18.0 Å². The van der Waals surface area contributed by atoms with E-state index in [4.69, 9.17) is 4.74 Å². The van der Waals surface area contributed by atoms with Gasteiger partial charge in [0.2, 0.25) is 5.91 Å². The van der Waals surface area contributed by atoms with Crippen LogP contribution in [0.1, 0.15) is 37.7 Å². The van der Waals surface area contributed by atoms with E-state index in [1.165, 1.54) is 11.8 Å². The molecule has 1 spiro atoms. The third-order valence-electron chi connectivity index (χ3n) is 6.43. The molecule has 7 heteroatoms. The molecule has 1 aromatic carbocycles. The van der Waals surface area contributed by atoms with Crippen LogP contribution in [0.2, 0.25) is 0 Å². The van der Waals surface area contributed by atoms with Crippen LogP contribution >= 0.6 is 0 Å². The van der Waals surface area contributed by atoms with Gasteiger partial charge in [0.1, 0.15) is 0 Å². The second-order valence-corrected chi connectivity index (χ2v) is 11.0. The van der Waals surface area contributed by atoms with Crippen molar-refractivity contribution in [2.24, 2.45) is 17.3 Å². The van der Waals surface area contributed by atoms with E-state index in [1.54, 1.807) is 12.1 Å². The van der Waals surface area contributed by atoms with Gasteiger partial charge in [0, 0.05) is 37.1 Å². The molecule has 28 heavy (non-hydrogen) atoms. The second kappa shape index (κ2) is 7.17. The first-order valence-electron chi connectivity index (χ1n) is 9.95. The van der Waals surface area contributed by atoms with Crippen LogP contribution in [0.3, 0.4) is 0 Å². The molecular weight excluding hydrogens is 378 g/mol. The number of ether oxygens (including phenoxy) is 1. The maximum absolute atomic E-state index is 12.3. The summed E-state index contributed by atoms with van der Waals surface area (Å²) in [7, 11) is -3.14. The number of hydrogen-bond donors (Lipinski definition) is 0. The predicted molar refractivity (Wildman–Crippen MR) is 103 cm³/mol. The van der Waals surface area contributed by atoms with Crippen LogP contribution in [0.25, 0.3) is 0 Å². The first-order valence-corrected chi connectivity index (χ1v) is 11.8. The van der Waals surface area contributed by atoms with Gasteiger partial charge in [0.15, 0.2) is 9.84 Å². The molecule has 0 radical (unpaired) electrons. The molecule has 1 saturated carbocycles. The van der Waals surface area contributed by atoms with E-state index in [2.05, 4.69) is 0 Å². The summed E-state index contributed by atoms with van der Waals surface area (Å²) in [5.74, 6) is 0.869. The maximum atomic E-state index is 12.3. The molecule has 152 valence electrons. The maximum Gasteiger partial charge on any atom is 0.306 e. The number of amides is 1. The molecule has 1 amide bonds. The number of nitrogens with zero attached hydrogens (tertiary/aromatic N) is 1. The van der Waals surface area contributed by atoms with Crippen molar-refractivity contribution < 1.29 is 22.7 Å². The Morgan fingerprint density at radius 3 is 2.43 bits per heavy atom. The van der Waals surface area contributed by atoms with E-state index in [0.717, 1.165) is 38.8 Å². The van der Waals surface area contributed by atoms with Crippen LogP contribution < -0.4 is 0 Å². The van der Waals surface area contributed by atoms with Crippen LogP contribution in [0, 0.1) is 17.3 Å². The van der Waals surface area contributed by atoms with Gasteiger partial charge in [-0.25, -0.2) is 8.42 Å². The quantitative estimate of drug-likeness (QED) is 0.678. The highest BCUT2D eigenvalue weighted by atomic mass is 32.2. The van der Waals surface area contributed by atoms with Crippen molar-refractivity contribution in [1.29, 1.82) is 0 Å². The minimum absolute atomic E-state index is 0.146. The smallest absolute Gasteiger partial charge is 0.306 e. The number of carbonyl (C=O) groups is 2. The van der Waals surface area contributed by atoms with Crippen molar-refractivity contribution >= 4 is 21.7 Å². The number of cyclic esters (lactones) is 1. The number of carbonyl (C=O) groups excluding carboxylic acids is 2. The standard InChI is InChI=1S/C21H27NO5S/c1-28(25,26)18-5-2-15(3-6-18)8-17-10-21(11-17)13-22(14-21)19(23)7-4-16-9-20(24)27-12-16/h2-3,5-6,16-17H,4,7-14H2,1H3/t16-/m0/s1. The SMILES string of the molecule is CS(=O)(=O)c1ccc(CC2CC3(C2)CN(C(=O)CC[C@@H]2COC(=O)C2)C3)cc1. The molecule has 1 aromatic rings. The third kappa shape index (κ3) is 4.09. The summed E-state index contributed by atoms with van der Waals surface area (Å²) in [5, 5.41) is 0. The van der Waals surface area contributed by atoms with Gasteiger partial charge in [-0.15, -0.1) is 0 Å². The van der Waals surface area contributed by atoms with Crippen LogP contribution in [0.15, 0.2) is 29.2 Å². The molecule has 6 nitrogen and oxygen atoms in total. The fraction of sp³-hybridized carbons (Fsp3) is 0.619. The summed E-state index contributed by atoms with van der Waals surface area (Å²) in [4.78, 5) is 25.8. The molecule has 0 unspecified atom stereocenters. The lowest BCUT2D eigenvalue weighted by Gasteiger charge is -2.59. The molecule has 1 aliphatic carbocycles. The zero-order valence-electron chi connectivity index (χ0n) is 16.2. The van der Waals surface area contributed by atoms with Crippen LogP contribution in [0.4, 0.5) is 0 Å². The van der Waals surface area contributed by atoms with Gasteiger partial charge >= 0.3 is 5.97 Å². The van der Waals surface area contributed by atoms with Gasteiger partial charge < -0.3 is 9.64 Å². The Morgan fingerprint density at radius 2 is 1.86 bits per heavy atom. The van der Waals surface area contributed by atoms with E-state index < -0.39 is 9.84 Å². The van der Waals surface area contributed by atoms with Crippen molar-refractivity contribution in [2.45, 2.75) is 43.4 Å². The van der Waals surface area contributed by atoms with Gasteiger partial charge in [-0.05, 0) is 49.3 Å². The zero-order chi connectivity index (χ0) is 19.9. The van der Waals surface area contributed by atoms with Crippen molar-refractivity contribution in [1.82, 2.24) is 4.90 Å². The monoisotopic (exact) mass is 405 g/mol. The number of rotatable bonds is 6. The topological polar surface area (TPSA) is 80.8 Å². The lowest BCUT2D eigenvalue weighted by atomic mass is 9.56. The number of likely N-dealkylation sites (tertiary alicyclic amines) is 1. The fourth-order valence-electron chi connectivity index (χ4n) is 4.95. The van der Waals surface area contributed by atoms with E-state index >= 15 is 0 Å². The van der Waals surface area contributed by atoms with E-state index in [-0.39, 0.29) is 17.8 Å². The minimum atomic E-state index is -3.14. The first-order chi connectivity index (χ1) is 13.2. The molecule has 0 bridgehead atoms. The number of benzene rings is 1. The van der Waals surface area contributed by atoms with Gasteiger partial charge in [-0.2, -0.15) is 0 Å². The average molecular weight is 406 g/mol. The molecule has 1 atom stereocenters. The Labute approximate surface area is 166 Å². The van der Waals surface area contributed by atoms with Crippen LogP contribution in [0.5, 0.6) is 0 Å². The fourth-order valence-corrected chi connectivity index (χ4v) is 5.58. The molecule has 2 saturated heterocycles. The van der Waals surface area contributed by atoms with Crippen LogP contribution in [-0.2, 0) is 30.6 Å². The van der Waals surface area contributed by atoms with Gasteiger partial charge in [-0.1, -0.05) is 12.1 Å². The highest BCUT2D eigenvalue weighted by Crippen LogP contribution is 2.53. The summed E-state index contributed by atoms with van der Waals surface area (Å²) in [5.41, 5.74) is 1.48. The summed E-state index contributed by atoms with van der Waals surface area (Å²) in [6.07, 6.45) is 6.15. The molecule has 3 aliphatic rings. The summed E-state index contributed by atoms with van der Waals surface area (Å²) >= 11 is 0. The van der Waals surface area contributed by atoms with Crippen molar-refractivity contribution in [2.75, 3.05) is 26.0 Å². The summed E-state index contributed by atoms with van der Waals surface area (Å²) in [6, 6.07) is 7.20. The molecule has 2 aliphatic heterocycles. The predicted octanol–water partition coefficient (Wildman–Crippen LogP) is 2.21. The van der Waals surface area contributed by atoms with Gasteiger partial charge in [0.05, 0.1) is 17.9 Å². The van der Waals surface area contributed by atoms with E-state index in [0.29, 0.717) is 35.7 Å². The molecule has 3 fully saturated rings. The van der Waals surface area contributed by atoms with Gasteiger partial charge in [-0.3, -0.25) is 9.59 Å². The summed E-state index contributed by atoms with van der Waals surface area (Å²) in [6.45, 7) is 2.17. The average Bonchev–Trinajstić information content (AvgIpc) is 2.98. The molecule has 0 aromatic heterocycles. The zero-order valence-corrected chi connectivity index (χ0v) is 17.0. The Kier molecular flexibility index (Phi) is 4.98. The minimum Gasteiger partial charge on any atom is -0.465 e. The second-order valence-electron chi connectivity index (χ2n) is 8.94. The van der Waals surface area contributed by atoms with Crippen LogP contribution in [-0.4, -0.2) is 51.1 Å². The third-order valence-corrected chi connectivity index (χ3v) is 7.55. The number of esters is 1. The molecule has 2 heterocycles. The van der Waals surface area contributed by atoms with Crippen molar-refractivity contribution in [3.63, 3.8) is 0 Å². The summed E-state index contributed by atoms with van der Waals surface area (Å²) < 4.78 is 28.0. The number of sulfone groups is 1. The Balaban J connectivity index is 1.18. The first kappa shape index (κ1) is 19.4. The van der Waals surface area contributed by atoms with E-state index in [1.807, 2.05) is 17.0 Å². The molecular formula is C21H27NO5S. The molecule has 0 N–H and O–H groups in total. The Bertz CT molecular complexity index is 863. The largest absolute Gasteiger partial charge is 0.465 e. The highest BCUT2D eigenvalue weighted by molar-refractivity contribution is 7.90. The lowest BCUT2D eigenvalue weighted by Crippen LogP contribution is -2.63. The Morgan fingerprint density at radius 1 is 1.18 bits per heavy atom. The van der Waals surface area contributed by atoms with Crippen molar-refractivity contribution in [3.05, 3.63) is 29.8 Å². The Hall–Kier alpha value is -1.89. The van der Waals surface area contributed by atoms with Crippen molar-refractivity contribution in [3.8, 4) is 0 Å².